The Labute approximate surface area is 210 Å². The number of rotatable bonds is 4. The highest BCUT2D eigenvalue weighted by Crippen LogP contribution is 2.36. The number of alkyl carbamates (subject to hydrolysis) is 1. The van der Waals surface area contributed by atoms with Gasteiger partial charge in [-0.15, -0.1) is 10.2 Å². The molecule has 2 heterocycles. The van der Waals surface area contributed by atoms with Crippen molar-refractivity contribution in [3.05, 3.63) is 52.8 Å². The molecule has 1 aliphatic rings. The second kappa shape index (κ2) is 9.47. The first-order chi connectivity index (χ1) is 16.8. The third kappa shape index (κ3) is 5.46. The maximum absolute atomic E-state index is 15.0. The summed E-state index contributed by atoms with van der Waals surface area (Å²) in [5.74, 6) is -2.57. The highest BCUT2D eigenvalue weighted by atomic mass is 35.5. The molecule has 0 unspecified atom stereocenters. The predicted molar refractivity (Wildman–Crippen MR) is 127 cm³/mol. The van der Waals surface area contributed by atoms with Gasteiger partial charge in [0.1, 0.15) is 17.5 Å². The molecule has 14 heteroatoms. The number of halogens is 2. The molecule has 0 aliphatic carbocycles. The number of anilines is 1. The molecule has 0 saturated heterocycles. The molecule has 2 amide bonds. The van der Waals surface area contributed by atoms with Gasteiger partial charge in [-0.3, -0.25) is 4.79 Å². The molecular formula is C22H22ClFN6O5S. The summed E-state index contributed by atoms with van der Waals surface area (Å²) in [6.45, 7) is 4.79. The molecule has 3 aromatic rings. The number of aromatic nitrogens is 4. The van der Waals surface area contributed by atoms with Gasteiger partial charge >= 0.3 is 6.09 Å². The number of benzene rings is 2. The molecule has 190 valence electrons. The van der Waals surface area contributed by atoms with E-state index in [0.29, 0.717) is 10.6 Å². The van der Waals surface area contributed by atoms with E-state index in [1.807, 2.05) is 0 Å². The van der Waals surface area contributed by atoms with E-state index in [-0.39, 0.29) is 23.6 Å². The molecule has 1 atom stereocenters. The number of carbonyl (C=O) groups is 2. The maximum atomic E-state index is 15.0. The summed E-state index contributed by atoms with van der Waals surface area (Å²) in [4.78, 5) is 26.9. The lowest BCUT2D eigenvalue weighted by molar-refractivity contribution is -0.120. The molecule has 2 N–H and O–H groups in total. The third-order valence-electron chi connectivity index (χ3n) is 5.16. The summed E-state index contributed by atoms with van der Waals surface area (Å²) in [5.41, 5.74) is -0.528. The fourth-order valence-electron chi connectivity index (χ4n) is 3.63. The van der Waals surface area contributed by atoms with Crippen LogP contribution in [0.5, 0.6) is 0 Å². The predicted octanol–water partition coefficient (Wildman–Crippen LogP) is 2.87. The molecule has 11 nitrogen and oxygen atoms in total. The summed E-state index contributed by atoms with van der Waals surface area (Å²) in [5, 5.41) is 15.9. The molecule has 1 aromatic heterocycles. The Bertz CT molecular complexity index is 1410. The van der Waals surface area contributed by atoms with Crippen molar-refractivity contribution in [2.75, 3.05) is 10.7 Å². The van der Waals surface area contributed by atoms with Crippen LogP contribution in [0, 0.1) is 5.82 Å². The minimum Gasteiger partial charge on any atom is -0.444 e. The van der Waals surface area contributed by atoms with Crippen molar-refractivity contribution in [3.8, 4) is 11.4 Å². The quantitative estimate of drug-likeness (QED) is 0.517. The SMILES string of the molecule is CC(C)(C)OC(=O)N[C@H]1CS(=O)(=O)c2cc(F)c(-c3nn[nH]n3)cc2N(Cc2ccc(Cl)cc2)C1=O. The number of nitrogens with zero attached hydrogens (tertiary/aromatic N) is 4. The van der Waals surface area contributed by atoms with Gasteiger partial charge in [0.05, 0.1) is 28.4 Å². The number of nitrogens with one attached hydrogen (secondary N) is 2. The van der Waals surface area contributed by atoms with Crippen molar-refractivity contribution in [2.45, 2.75) is 43.9 Å². The molecule has 2 aromatic carbocycles. The highest BCUT2D eigenvalue weighted by molar-refractivity contribution is 7.91. The minimum atomic E-state index is -4.25. The average molecular weight is 537 g/mol. The Morgan fingerprint density at radius 3 is 2.58 bits per heavy atom. The summed E-state index contributed by atoms with van der Waals surface area (Å²) < 4.78 is 46.8. The van der Waals surface area contributed by atoms with Crippen LogP contribution in [-0.2, 0) is 25.9 Å². The number of amides is 2. The monoisotopic (exact) mass is 536 g/mol. The van der Waals surface area contributed by atoms with Gasteiger partial charge in [-0.05, 0) is 55.8 Å². The zero-order valence-electron chi connectivity index (χ0n) is 19.4. The van der Waals surface area contributed by atoms with Crippen LogP contribution < -0.4 is 10.2 Å². The molecule has 4 rings (SSSR count). The normalized spacial score (nSPS) is 17.3. The molecule has 0 spiro atoms. The Hall–Kier alpha value is -3.58. The third-order valence-corrected chi connectivity index (χ3v) is 7.18. The summed E-state index contributed by atoms with van der Waals surface area (Å²) in [7, 11) is -4.25. The molecule has 0 saturated carbocycles. The second-order valence-corrected chi connectivity index (χ2v) is 11.5. The van der Waals surface area contributed by atoms with E-state index in [1.165, 1.54) is 6.07 Å². The summed E-state index contributed by atoms with van der Waals surface area (Å²) >= 11 is 5.97. The first-order valence-corrected chi connectivity index (χ1v) is 12.7. The fraction of sp³-hybridized carbons (Fsp3) is 0.318. The van der Waals surface area contributed by atoms with Crippen LogP contribution >= 0.6 is 11.6 Å². The van der Waals surface area contributed by atoms with Crippen molar-refractivity contribution < 1.29 is 27.1 Å². The average Bonchev–Trinajstić information content (AvgIpc) is 3.29. The molecular weight excluding hydrogens is 515 g/mol. The van der Waals surface area contributed by atoms with Crippen molar-refractivity contribution in [1.29, 1.82) is 0 Å². The first-order valence-electron chi connectivity index (χ1n) is 10.7. The lowest BCUT2D eigenvalue weighted by Gasteiger charge is -2.27. The number of carbonyl (C=O) groups excluding carboxylic acids is 2. The zero-order valence-corrected chi connectivity index (χ0v) is 21.0. The van der Waals surface area contributed by atoms with Gasteiger partial charge < -0.3 is 15.0 Å². The Kier molecular flexibility index (Phi) is 6.71. The number of hydrogen-bond acceptors (Lipinski definition) is 8. The summed E-state index contributed by atoms with van der Waals surface area (Å²) in [6.07, 6.45) is -0.966. The molecule has 0 bridgehead atoms. The highest BCUT2D eigenvalue weighted by Gasteiger charge is 2.40. The lowest BCUT2D eigenvalue weighted by atomic mass is 10.1. The number of aromatic amines is 1. The number of ether oxygens (including phenoxy) is 1. The number of H-pyrrole nitrogens is 1. The first kappa shape index (κ1) is 25.5. The van der Waals surface area contributed by atoms with Gasteiger partial charge in [0.2, 0.25) is 5.82 Å². The number of hydrogen-bond donors (Lipinski definition) is 2. The summed E-state index contributed by atoms with van der Waals surface area (Å²) in [6, 6.07) is 7.04. The maximum Gasteiger partial charge on any atom is 0.408 e. The molecule has 0 radical (unpaired) electrons. The molecule has 1 aliphatic heterocycles. The van der Waals surface area contributed by atoms with E-state index in [0.717, 1.165) is 11.0 Å². The van der Waals surface area contributed by atoms with Crippen LogP contribution in [0.2, 0.25) is 5.02 Å². The van der Waals surface area contributed by atoms with Crippen LogP contribution in [0.3, 0.4) is 0 Å². The Morgan fingerprint density at radius 2 is 1.97 bits per heavy atom. The van der Waals surface area contributed by atoms with E-state index in [1.54, 1.807) is 45.0 Å². The van der Waals surface area contributed by atoms with Crippen LogP contribution in [0.4, 0.5) is 14.9 Å². The number of tetrazole rings is 1. The van der Waals surface area contributed by atoms with Gasteiger partial charge in [-0.1, -0.05) is 23.7 Å². The van der Waals surface area contributed by atoms with Crippen LogP contribution in [0.25, 0.3) is 11.4 Å². The largest absolute Gasteiger partial charge is 0.444 e. The lowest BCUT2D eigenvalue weighted by Crippen LogP contribution is -2.51. The fourth-order valence-corrected chi connectivity index (χ4v) is 5.37. The van der Waals surface area contributed by atoms with Gasteiger partial charge in [0, 0.05) is 5.02 Å². The Morgan fingerprint density at radius 1 is 1.28 bits per heavy atom. The van der Waals surface area contributed by atoms with E-state index >= 15 is 4.39 Å². The van der Waals surface area contributed by atoms with Crippen molar-refractivity contribution >= 4 is 39.1 Å². The van der Waals surface area contributed by atoms with E-state index < -0.39 is 49.9 Å². The molecule has 36 heavy (non-hydrogen) atoms. The van der Waals surface area contributed by atoms with Gasteiger partial charge in [0.25, 0.3) is 5.91 Å². The molecule has 0 fully saturated rings. The number of sulfone groups is 1. The van der Waals surface area contributed by atoms with Crippen molar-refractivity contribution in [1.82, 2.24) is 25.9 Å². The van der Waals surface area contributed by atoms with Crippen molar-refractivity contribution in [3.63, 3.8) is 0 Å². The van der Waals surface area contributed by atoms with Crippen LogP contribution in [0.15, 0.2) is 41.3 Å². The van der Waals surface area contributed by atoms with Gasteiger partial charge in [0.15, 0.2) is 9.84 Å². The minimum absolute atomic E-state index is 0.0929. The van der Waals surface area contributed by atoms with E-state index in [4.69, 9.17) is 16.3 Å². The Balaban J connectivity index is 1.83. The standard InChI is InChI=1S/C22H22ClFN6O5S/c1-22(2,3)35-21(32)25-16-11-36(33,34)18-9-15(24)14(19-26-28-29-27-19)8-17(18)30(20(16)31)10-12-4-6-13(23)7-5-12/h4-9,16H,10-11H2,1-3H3,(H,25,32)(H,26,27,28,29)/t16-/m0/s1. The van der Waals surface area contributed by atoms with Gasteiger partial charge in [-0.2, -0.15) is 5.21 Å². The van der Waals surface area contributed by atoms with E-state index in [2.05, 4.69) is 25.9 Å². The van der Waals surface area contributed by atoms with Gasteiger partial charge in [-0.25, -0.2) is 17.6 Å². The van der Waals surface area contributed by atoms with Crippen LogP contribution in [-0.4, -0.2) is 58.4 Å². The second-order valence-electron chi connectivity index (χ2n) is 9.07. The number of fused-ring (bicyclic) bond motifs is 1. The van der Waals surface area contributed by atoms with Crippen molar-refractivity contribution in [2.24, 2.45) is 0 Å². The topological polar surface area (TPSA) is 147 Å². The smallest absolute Gasteiger partial charge is 0.408 e. The van der Waals surface area contributed by atoms with Crippen LogP contribution in [0.1, 0.15) is 26.3 Å². The van der Waals surface area contributed by atoms with E-state index in [9.17, 15) is 18.0 Å². The zero-order chi connectivity index (χ0) is 26.3.